The monoisotopic (exact) mass is 298 g/mol. The molecule has 0 aliphatic heterocycles. The summed E-state index contributed by atoms with van der Waals surface area (Å²) >= 11 is 12.1. The Balaban J connectivity index is 2.10. The number of nitrogens with zero attached hydrogens (tertiary/aromatic N) is 1. The Kier molecular flexibility index (Phi) is 4.86. The molecular weight excluding hydrogens is 283 g/mol. The van der Waals surface area contributed by atoms with Gasteiger partial charge in [-0.1, -0.05) is 37.0 Å². The quantitative estimate of drug-likeness (QED) is 0.889. The Bertz CT molecular complexity index is 552. The van der Waals surface area contributed by atoms with Crippen LogP contribution in [0.15, 0.2) is 28.8 Å². The van der Waals surface area contributed by atoms with Crippen LogP contribution in [0.4, 0.5) is 0 Å². The predicted octanol–water partition coefficient (Wildman–Crippen LogP) is 4.39. The van der Waals surface area contributed by atoms with E-state index in [1.54, 1.807) is 24.4 Å². The maximum atomic E-state index is 6.12. The van der Waals surface area contributed by atoms with Gasteiger partial charge in [-0.15, -0.1) is 0 Å². The molecule has 1 heterocycles. The average Bonchev–Trinajstić information content (AvgIpc) is 2.80. The number of rotatable bonds is 5. The molecule has 0 fully saturated rings. The maximum absolute atomic E-state index is 6.12. The Morgan fingerprint density at radius 3 is 2.84 bits per heavy atom. The molecule has 2 rings (SSSR count). The first-order valence-electron chi connectivity index (χ1n) is 6.17. The summed E-state index contributed by atoms with van der Waals surface area (Å²) in [5, 5.41) is 4.50. The first-order valence-corrected chi connectivity index (χ1v) is 6.92. The zero-order valence-electron chi connectivity index (χ0n) is 10.9. The Labute approximate surface area is 122 Å². The van der Waals surface area contributed by atoms with Gasteiger partial charge in [0.2, 0.25) is 5.89 Å². The van der Waals surface area contributed by atoms with Crippen molar-refractivity contribution in [1.82, 2.24) is 10.3 Å². The summed E-state index contributed by atoms with van der Waals surface area (Å²) < 4.78 is 5.67. The number of benzene rings is 1. The molecule has 0 atom stereocenters. The minimum atomic E-state index is 0.594. The van der Waals surface area contributed by atoms with Crippen LogP contribution in [0, 0.1) is 5.92 Å². The van der Waals surface area contributed by atoms with Crippen molar-refractivity contribution in [2.24, 2.45) is 5.92 Å². The number of halogens is 2. The van der Waals surface area contributed by atoms with Gasteiger partial charge in [0.1, 0.15) is 0 Å². The molecule has 1 aromatic heterocycles. The van der Waals surface area contributed by atoms with Gasteiger partial charge in [-0.25, -0.2) is 4.98 Å². The summed E-state index contributed by atoms with van der Waals surface area (Å²) in [6, 6.07) is 5.27. The molecule has 0 saturated carbocycles. The molecule has 2 aromatic rings. The van der Waals surface area contributed by atoms with Gasteiger partial charge in [0, 0.05) is 10.6 Å². The van der Waals surface area contributed by atoms with Gasteiger partial charge in [0.15, 0.2) is 5.76 Å². The third kappa shape index (κ3) is 3.96. The van der Waals surface area contributed by atoms with Gasteiger partial charge in [-0.2, -0.15) is 0 Å². The van der Waals surface area contributed by atoms with Crippen molar-refractivity contribution in [1.29, 1.82) is 0 Å². The molecule has 0 aliphatic rings. The van der Waals surface area contributed by atoms with Crippen molar-refractivity contribution in [3.8, 4) is 11.3 Å². The molecule has 5 heteroatoms. The van der Waals surface area contributed by atoms with Gasteiger partial charge in [0.05, 0.1) is 17.8 Å². The van der Waals surface area contributed by atoms with Crippen molar-refractivity contribution >= 4 is 23.2 Å². The molecular formula is C14H16Cl2N2O. The molecule has 0 aliphatic carbocycles. The van der Waals surface area contributed by atoms with Crippen molar-refractivity contribution in [3.05, 3.63) is 40.3 Å². The smallest absolute Gasteiger partial charge is 0.208 e. The zero-order valence-corrected chi connectivity index (χ0v) is 12.4. The summed E-state index contributed by atoms with van der Waals surface area (Å²) in [5.41, 5.74) is 0.761. The van der Waals surface area contributed by atoms with E-state index in [1.165, 1.54) is 0 Å². The summed E-state index contributed by atoms with van der Waals surface area (Å²) in [4.78, 5) is 4.23. The minimum absolute atomic E-state index is 0.594. The van der Waals surface area contributed by atoms with Crippen LogP contribution < -0.4 is 5.32 Å². The lowest BCUT2D eigenvalue weighted by atomic mass is 10.2. The molecule has 19 heavy (non-hydrogen) atoms. The molecule has 0 amide bonds. The highest BCUT2D eigenvalue weighted by atomic mass is 35.5. The molecule has 102 valence electrons. The van der Waals surface area contributed by atoms with Gasteiger partial charge in [-0.05, 0) is 30.7 Å². The standard InChI is InChI=1S/C14H16Cl2N2O/c1-9(2)6-17-8-14-18-7-13(19-14)11-5-10(15)3-4-12(11)16/h3-5,7,9,17H,6,8H2,1-2H3. The fourth-order valence-corrected chi connectivity index (χ4v) is 2.05. The third-order valence-corrected chi connectivity index (χ3v) is 3.14. The van der Waals surface area contributed by atoms with Crippen molar-refractivity contribution in [2.75, 3.05) is 6.54 Å². The van der Waals surface area contributed by atoms with E-state index in [1.807, 2.05) is 0 Å². The SMILES string of the molecule is CC(C)CNCc1ncc(-c2cc(Cl)ccc2Cl)o1. The second-order valence-corrected chi connectivity index (χ2v) is 5.61. The Hall–Kier alpha value is -1.03. The summed E-state index contributed by atoms with van der Waals surface area (Å²) in [7, 11) is 0. The van der Waals surface area contributed by atoms with Crippen LogP contribution in [0.5, 0.6) is 0 Å². The molecule has 0 unspecified atom stereocenters. The Morgan fingerprint density at radius 1 is 1.32 bits per heavy atom. The number of hydrogen-bond acceptors (Lipinski definition) is 3. The number of hydrogen-bond donors (Lipinski definition) is 1. The number of oxazole rings is 1. The summed E-state index contributed by atoms with van der Waals surface area (Å²) in [6.07, 6.45) is 1.67. The van der Waals surface area contributed by atoms with E-state index >= 15 is 0 Å². The van der Waals surface area contributed by atoms with Gasteiger partial charge in [0.25, 0.3) is 0 Å². The van der Waals surface area contributed by atoms with Crippen LogP contribution in [-0.2, 0) is 6.54 Å². The van der Waals surface area contributed by atoms with E-state index in [4.69, 9.17) is 27.6 Å². The molecule has 3 nitrogen and oxygen atoms in total. The van der Waals surface area contributed by atoms with Crippen molar-refractivity contribution < 1.29 is 4.42 Å². The second-order valence-electron chi connectivity index (χ2n) is 4.77. The zero-order chi connectivity index (χ0) is 13.8. The van der Waals surface area contributed by atoms with Crippen LogP contribution in [0.25, 0.3) is 11.3 Å². The fourth-order valence-electron chi connectivity index (χ4n) is 1.67. The lowest BCUT2D eigenvalue weighted by Crippen LogP contribution is -2.18. The normalized spacial score (nSPS) is 11.2. The average molecular weight is 299 g/mol. The highest BCUT2D eigenvalue weighted by Crippen LogP contribution is 2.30. The molecule has 1 N–H and O–H groups in total. The fraction of sp³-hybridized carbons (Fsp3) is 0.357. The first kappa shape index (κ1) is 14.4. The van der Waals surface area contributed by atoms with Crippen LogP contribution in [0.2, 0.25) is 10.0 Å². The lowest BCUT2D eigenvalue weighted by molar-refractivity contribution is 0.459. The largest absolute Gasteiger partial charge is 0.439 e. The van der Waals surface area contributed by atoms with Crippen LogP contribution >= 0.6 is 23.2 Å². The van der Waals surface area contributed by atoms with E-state index in [0.717, 1.165) is 12.1 Å². The number of aromatic nitrogens is 1. The van der Waals surface area contributed by atoms with E-state index < -0.39 is 0 Å². The van der Waals surface area contributed by atoms with E-state index in [2.05, 4.69) is 24.1 Å². The molecule has 1 aromatic carbocycles. The Morgan fingerprint density at radius 2 is 2.11 bits per heavy atom. The molecule has 0 saturated heterocycles. The van der Waals surface area contributed by atoms with E-state index in [9.17, 15) is 0 Å². The van der Waals surface area contributed by atoms with Crippen molar-refractivity contribution in [3.63, 3.8) is 0 Å². The molecule has 0 bridgehead atoms. The topological polar surface area (TPSA) is 38.1 Å². The summed E-state index contributed by atoms with van der Waals surface area (Å²) in [6.45, 7) is 5.84. The molecule has 0 spiro atoms. The predicted molar refractivity (Wildman–Crippen MR) is 78.5 cm³/mol. The third-order valence-electron chi connectivity index (χ3n) is 2.58. The van der Waals surface area contributed by atoms with Gasteiger partial charge < -0.3 is 9.73 Å². The number of nitrogens with one attached hydrogen (secondary N) is 1. The minimum Gasteiger partial charge on any atom is -0.439 e. The molecule has 0 radical (unpaired) electrons. The van der Waals surface area contributed by atoms with E-state index in [0.29, 0.717) is 34.2 Å². The maximum Gasteiger partial charge on any atom is 0.208 e. The van der Waals surface area contributed by atoms with Crippen LogP contribution in [0.3, 0.4) is 0 Å². The van der Waals surface area contributed by atoms with Crippen LogP contribution in [0.1, 0.15) is 19.7 Å². The first-order chi connectivity index (χ1) is 9.06. The van der Waals surface area contributed by atoms with Gasteiger partial charge >= 0.3 is 0 Å². The highest BCUT2D eigenvalue weighted by Gasteiger charge is 2.10. The highest BCUT2D eigenvalue weighted by molar-refractivity contribution is 6.35. The van der Waals surface area contributed by atoms with Crippen LogP contribution in [-0.4, -0.2) is 11.5 Å². The summed E-state index contributed by atoms with van der Waals surface area (Å²) in [5.74, 6) is 1.87. The van der Waals surface area contributed by atoms with Gasteiger partial charge in [-0.3, -0.25) is 0 Å². The lowest BCUT2D eigenvalue weighted by Gasteiger charge is -2.04. The van der Waals surface area contributed by atoms with Crippen molar-refractivity contribution in [2.45, 2.75) is 20.4 Å². The second kappa shape index (κ2) is 6.42. The van der Waals surface area contributed by atoms with E-state index in [-0.39, 0.29) is 0 Å².